The van der Waals surface area contributed by atoms with Crippen LogP contribution in [0.25, 0.3) is 0 Å². The van der Waals surface area contributed by atoms with E-state index in [1.165, 1.54) is 4.80 Å². The molecule has 104 valence electrons. The zero-order valence-electron chi connectivity index (χ0n) is 12.1. The van der Waals surface area contributed by atoms with Crippen LogP contribution in [0.1, 0.15) is 39.9 Å². The number of nitrogens with one attached hydrogen (secondary N) is 1. The molecular formula is C12H25N5O. The number of rotatable bonds is 8. The molecule has 0 saturated heterocycles. The minimum Gasteiger partial charge on any atom is -0.374 e. The fraction of sp³-hybridized carbons (Fsp3) is 0.917. The van der Waals surface area contributed by atoms with Gasteiger partial charge in [-0.25, -0.2) is 0 Å². The maximum atomic E-state index is 5.82. The molecule has 1 heterocycles. The van der Waals surface area contributed by atoms with Crippen molar-refractivity contribution in [1.29, 1.82) is 0 Å². The van der Waals surface area contributed by atoms with Gasteiger partial charge >= 0.3 is 0 Å². The van der Waals surface area contributed by atoms with Crippen molar-refractivity contribution in [2.24, 2.45) is 7.05 Å². The van der Waals surface area contributed by atoms with Gasteiger partial charge in [0.2, 0.25) is 0 Å². The van der Waals surface area contributed by atoms with E-state index in [1.54, 1.807) is 7.05 Å². The second-order valence-corrected chi connectivity index (χ2v) is 4.94. The molecule has 0 aromatic carbocycles. The summed E-state index contributed by atoms with van der Waals surface area (Å²) in [6, 6.07) is 0.182. The molecule has 1 N–H and O–H groups in total. The number of hydrogen-bond donors (Lipinski definition) is 1. The van der Waals surface area contributed by atoms with Crippen molar-refractivity contribution in [2.45, 2.75) is 52.2 Å². The highest BCUT2D eigenvalue weighted by Gasteiger charge is 2.30. The summed E-state index contributed by atoms with van der Waals surface area (Å²) in [4.78, 5) is 1.49. The number of hydrogen-bond acceptors (Lipinski definition) is 5. The van der Waals surface area contributed by atoms with Crippen LogP contribution >= 0.6 is 0 Å². The topological polar surface area (TPSA) is 64.9 Å². The zero-order valence-corrected chi connectivity index (χ0v) is 12.1. The maximum absolute atomic E-state index is 5.82. The van der Waals surface area contributed by atoms with E-state index in [4.69, 9.17) is 4.74 Å². The Bertz CT molecular complexity index is 350. The first-order chi connectivity index (χ1) is 8.49. The number of ether oxygens (including phenoxy) is 1. The van der Waals surface area contributed by atoms with Crippen molar-refractivity contribution < 1.29 is 4.74 Å². The molecule has 0 saturated carbocycles. The normalized spacial score (nSPS) is 13.8. The number of aromatic nitrogens is 4. The molecule has 1 aromatic rings. The standard InChI is InChI=1S/C12H25N5O/c1-6-8-13-10(12(3,4)18-7-2)9-11-14-16-17(5)15-11/h10,13H,6-9H2,1-5H3. The Kier molecular flexibility index (Phi) is 5.68. The smallest absolute Gasteiger partial charge is 0.176 e. The fourth-order valence-electron chi connectivity index (χ4n) is 1.94. The van der Waals surface area contributed by atoms with E-state index in [-0.39, 0.29) is 11.6 Å². The van der Waals surface area contributed by atoms with Gasteiger partial charge in [0.05, 0.1) is 12.6 Å². The average molecular weight is 255 g/mol. The van der Waals surface area contributed by atoms with Crippen LogP contribution in [0.15, 0.2) is 0 Å². The molecule has 1 atom stereocenters. The molecule has 1 rings (SSSR count). The Morgan fingerprint density at radius 3 is 2.61 bits per heavy atom. The monoisotopic (exact) mass is 255 g/mol. The lowest BCUT2D eigenvalue weighted by atomic mass is 9.95. The van der Waals surface area contributed by atoms with E-state index in [9.17, 15) is 0 Å². The lowest BCUT2D eigenvalue weighted by Gasteiger charge is -2.34. The van der Waals surface area contributed by atoms with E-state index in [2.05, 4.69) is 41.5 Å². The van der Waals surface area contributed by atoms with Crippen LogP contribution in [0.3, 0.4) is 0 Å². The van der Waals surface area contributed by atoms with Crippen LogP contribution in [0.5, 0.6) is 0 Å². The summed E-state index contributed by atoms with van der Waals surface area (Å²) < 4.78 is 5.82. The van der Waals surface area contributed by atoms with Gasteiger partial charge < -0.3 is 10.1 Å². The molecule has 18 heavy (non-hydrogen) atoms. The van der Waals surface area contributed by atoms with Gasteiger partial charge in [0, 0.05) is 19.1 Å². The van der Waals surface area contributed by atoms with Gasteiger partial charge in [0.25, 0.3) is 0 Å². The van der Waals surface area contributed by atoms with Crippen molar-refractivity contribution in [3.05, 3.63) is 5.82 Å². The summed E-state index contributed by atoms with van der Waals surface area (Å²) in [5.74, 6) is 0.749. The molecule has 0 aliphatic carbocycles. The van der Waals surface area contributed by atoms with Crippen LogP contribution in [0, 0.1) is 0 Å². The highest BCUT2D eigenvalue weighted by molar-refractivity contribution is 4.94. The van der Waals surface area contributed by atoms with Gasteiger partial charge in [0.15, 0.2) is 5.82 Å². The van der Waals surface area contributed by atoms with E-state index < -0.39 is 0 Å². The van der Waals surface area contributed by atoms with Crippen LogP contribution < -0.4 is 5.32 Å². The minimum atomic E-state index is -0.247. The highest BCUT2D eigenvalue weighted by Crippen LogP contribution is 2.17. The van der Waals surface area contributed by atoms with Crippen LogP contribution in [0.2, 0.25) is 0 Å². The summed E-state index contributed by atoms with van der Waals surface area (Å²) in [6.07, 6.45) is 1.81. The van der Waals surface area contributed by atoms with Crippen LogP contribution in [-0.4, -0.2) is 45.0 Å². The van der Waals surface area contributed by atoms with Gasteiger partial charge in [-0.15, -0.1) is 10.2 Å². The van der Waals surface area contributed by atoms with E-state index >= 15 is 0 Å². The summed E-state index contributed by atoms with van der Waals surface area (Å²) in [5.41, 5.74) is -0.247. The maximum Gasteiger partial charge on any atom is 0.176 e. The summed E-state index contributed by atoms with van der Waals surface area (Å²) >= 11 is 0. The molecule has 0 spiro atoms. The minimum absolute atomic E-state index is 0.182. The van der Waals surface area contributed by atoms with Crippen molar-refractivity contribution in [3.8, 4) is 0 Å². The first-order valence-corrected chi connectivity index (χ1v) is 6.59. The second-order valence-electron chi connectivity index (χ2n) is 4.94. The molecule has 0 aliphatic rings. The van der Waals surface area contributed by atoms with Crippen molar-refractivity contribution >= 4 is 0 Å². The number of tetrazole rings is 1. The lowest BCUT2D eigenvalue weighted by molar-refractivity contribution is -0.0384. The van der Waals surface area contributed by atoms with Gasteiger partial charge in [-0.3, -0.25) is 0 Å². The van der Waals surface area contributed by atoms with E-state index in [1.807, 2.05) is 6.92 Å². The molecule has 0 fully saturated rings. The molecule has 0 radical (unpaired) electrons. The van der Waals surface area contributed by atoms with Gasteiger partial charge in [-0.2, -0.15) is 4.80 Å². The van der Waals surface area contributed by atoms with Crippen molar-refractivity contribution in [1.82, 2.24) is 25.5 Å². The summed E-state index contributed by atoms with van der Waals surface area (Å²) in [5, 5.41) is 15.6. The van der Waals surface area contributed by atoms with E-state index in [0.29, 0.717) is 6.61 Å². The Morgan fingerprint density at radius 1 is 1.39 bits per heavy atom. The SMILES string of the molecule is CCCNC(Cc1nnn(C)n1)C(C)(C)OCC. The molecule has 6 nitrogen and oxygen atoms in total. The summed E-state index contributed by atoms with van der Waals surface area (Å²) in [7, 11) is 1.78. The van der Waals surface area contributed by atoms with Gasteiger partial charge in [0.1, 0.15) is 0 Å². The predicted octanol–water partition coefficient (Wildman–Crippen LogP) is 0.936. The predicted molar refractivity (Wildman–Crippen MR) is 70.3 cm³/mol. The van der Waals surface area contributed by atoms with Gasteiger partial charge in [-0.05, 0) is 39.0 Å². The average Bonchev–Trinajstić information content (AvgIpc) is 2.70. The van der Waals surface area contributed by atoms with Crippen LogP contribution in [0.4, 0.5) is 0 Å². The molecule has 0 aliphatic heterocycles. The zero-order chi connectivity index (χ0) is 13.6. The van der Waals surface area contributed by atoms with E-state index in [0.717, 1.165) is 25.2 Å². The van der Waals surface area contributed by atoms with Crippen LogP contribution in [-0.2, 0) is 18.2 Å². The largest absolute Gasteiger partial charge is 0.374 e. The first-order valence-electron chi connectivity index (χ1n) is 6.59. The Balaban J connectivity index is 2.71. The Morgan fingerprint density at radius 2 is 2.11 bits per heavy atom. The molecule has 0 bridgehead atoms. The summed E-state index contributed by atoms with van der Waals surface area (Å²) in [6.45, 7) is 10.0. The highest BCUT2D eigenvalue weighted by atomic mass is 16.5. The number of aryl methyl sites for hydroxylation is 1. The molecule has 1 unspecified atom stereocenters. The quantitative estimate of drug-likeness (QED) is 0.749. The molecular weight excluding hydrogens is 230 g/mol. The first kappa shape index (κ1) is 15.0. The number of nitrogens with zero attached hydrogens (tertiary/aromatic N) is 4. The Labute approximate surface area is 109 Å². The van der Waals surface area contributed by atoms with Gasteiger partial charge in [-0.1, -0.05) is 6.92 Å². The Hall–Kier alpha value is -1.01. The third kappa shape index (κ3) is 4.34. The van der Waals surface area contributed by atoms with Crippen molar-refractivity contribution in [3.63, 3.8) is 0 Å². The van der Waals surface area contributed by atoms with Crippen molar-refractivity contribution in [2.75, 3.05) is 13.2 Å². The second kappa shape index (κ2) is 6.80. The molecule has 6 heteroatoms. The molecule has 1 aromatic heterocycles. The lowest BCUT2D eigenvalue weighted by Crippen LogP contribution is -2.50. The third-order valence-electron chi connectivity index (χ3n) is 2.93. The fourth-order valence-corrected chi connectivity index (χ4v) is 1.94. The third-order valence-corrected chi connectivity index (χ3v) is 2.93. The molecule has 0 amide bonds.